The SMILES string of the molecule is COc1ccc(C2CC(C(F)(F)F)n3nc(C(=O)NCc4ccco4)c(Br)c3N2)cc1. The van der Waals surface area contributed by atoms with E-state index in [1.54, 1.807) is 36.4 Å². The molecule has 3 aromatic rings. The summed E-state index contributed by atoms with van der Waals surface area (Å²) in [7, 11) is 1.52. The summed E-state index contributed by atoms with van der Waals surface area (Å²) in [5.74, 6) is 0.597. The zero-order chi connectivity index (χ0) is 22.2. The number of furan rings is 1. The molecule has 0 saturated carbocycles. The molecule has 0 fully saturated rings. The molecular weight excluding hydrogens is 481 g/mol. The Morgan fingerprint density at radius 2 is 2.10 bits per heavy atom. The van der Waals surface area contributed by atoms with Crippen LogP contribution in [0.3, 0.4) is 0 Å². The van der Waals surface area contributed by atoms with Crippen molar-refractivity contribution in [3.8, 4) is 5.75 Å². The molecular formula is C20H18BrF3N4O3. The predicted octanol–water partition coefficient (Wildman–Crippen LogP) is 4.84. The largest absolute Gasteiger partial charge is 0.497 e. The number of alkyl halides is 3. The summed E-state index contributed by atoms with van der Waals surface area (Å²) < 4.78 is 52.9. The number of methoxy groups -OCH3 is 1. The molecule has 3 heterocycles. The molecule has 7 nitrogen and oxygen atoms in total. The smallest absolute Gasteiger partial charge is 0.410 e. The van der Waals surface area contributed by atoms with Gasteiger partial charge in [-0.15, -0.1) is 0 Å². The van der Waals surface area contributed by atoms with Crippen molar-refractivity contribution >= 4 is 27.7 Å². The number of halogens is 4. The number of hydrogen-bond donors (Lipinski definition) is 2. The molecule has 2 N–H and O–H groups in total. The highest BCUT2D eigenvalue weighted by Crippen LogP contribution is 2.46. The fourth-order valence-corrected chi connectivity index (χ4v) is 4.01. The van der Waals surface area contributed by atoms with Crippen molar-refractivity contribution in [2.75, 3.05) is 12.4 Å². The normalized spacial score (nSPS) is 18.2. The minimum absolute atomic E-state index is 0.0884. The van der Waals surface area contributed by atoms with E-state index in [0.29, 0.717) is 17.1 Å². The van der Waals surface area contributed by atoms with Crippen LogP contribution in [0.25, 0.3) is 0 Å². The number of hydrogen-bond acceptors (Lipinski definition) is 5. The molecule has 2 aromatic heterocycles. The molecule has 0 radical (unpaired) electrons. The summed E-state index contributed by atoms with van der Waals surface area (Å²) in [6.45, 7) is 0.0884. The van der Waals surface area contributed by atoms with Gasteiger partial charge in [0, 0.05) is 6.42 Å². The second-order valence-corrected chi connectivity index (χ2v) is 7.77. The molecule has 164 valence electrons. The molecule has 1 aliphatic rings. The monoisotopic (exact) mass is 498 g/mol. The Balaban J connectivity index is 1.64. The van der Waals surface area contributed by atoms with E-state index in [4.69, 9.17) is 9.15 Å². The van der Waals surface area contributed by atoms with Crippen LogP contribution in [0.4, 0.5) is 19.0 Å². The number of rotatable bonds is 5. The van der Waals surface area contributed by atoms with E-state index in [1.165, 1.54) is 13.4 Å². The number of aromatic nitrogens is 2. The minimum Gasteiger partial charge on any atom is -0.497 e. The van der Waals surface area contributed by atoms with Gasteiger partial charge in [-0.05, 0) is 45.8 Å². The van der Waals surface area contributed by atoms with E-state index in [1.807, 2.05) is 0 Å². The Kier molecular flexibility index (Phi) is 5.69. The van der Waals surface area contributed by atoms with Gasteiger partial charge in [0.15, 0.2) is 11.7 Å². The average molecular weight is 499 g/mol. The Morgan fingerprint density at radius 1 is 1.35 bits per heavy atom. The molecule has 0 aliphatic carbocycles. The van der Waals surface area contributed by atoms with Gasteiger partial charge in [0.2, 0.25) is 0 Å². The summed E-state index contributed by atoms with van der Waals surface area (Å²) >= 11 is 3.26. The van der Waals surface area contributed by atoms with Crippen LogP contribution in [0.15, 0.2) is 51.6 Å². The van der Waals surface area contributed by atoms with E-state index in [9.17, 15) is 18.0 Å². The van der Waals surface area contributed by atoms with E-state index >= 15 is 0 Å². The second kappa shape index (κ2) is 8.29. The van der Waals surface area contributed by atoms with Gasteiger partial charge in [-0.2, -0.15) is 18.3 Å². The second-order valence-electron chi connectivity index (χ2n) is 6.98. The highest BCUT2D eigenvalue weighted by molar-refractivity contribution is 9.10. The third kappa shape index (κ3) is 4.27. The molecule has 31 heavy (non-hydrogen) atoms. The predicted molar refractivity (Wildman–Crippen MR) is 109 cm³/mol. The lowest BCUT2D eigenvalue weighted by molar-refractivity contribution is -0.173. The lowest BCUT2D eigenvalue weighted by Gasteiger charge is -2.33. The van der Waals surface area contributed by atoms with Crippen LogP contribution in [-0.2, 0) is 6.54 Å². The van der Waals surface area contributed by atoms with Gasteiger partial charge in [0.25, 0.3) is 5.91 Å². The first-order valence-corrected chi connectivity index (χ1v) is 10.1. The minimum atomic E-state index is -4.55. The lowest BCUT2D eigenvalue weighted by Crippen LogP contribution is -2.35. The van der Waals surface area contributed by atoms with Crippen LogP contribution in [-0.4, -0.2) is 29.0 Å². The molecule has 1 aliphatic heterocycles. The van der Waals surface area contributed by atoms with Crippen LogP contribution >= 0.6 is 15.9 Å². The zero-order valence-electron chi connectivity index (χ0n) is 16.2. The topological polar surface area (TPSA) is 81.3 Å². The number of amides is 1. The summed E-state index contributed by atoms with van der Waals surface area (Å²) in [6.07, 6.45) is -3.36. The Morgan fingerprint density at radius 3 is 2.71 bits per heavy atom. The van der Waals surface area contributed by atoms with Crippen LogP contribution in [0, 0.1) is 0 Å². The maximum absolute atomic E-state index is 13.9. The lowest BCUT2D eigenvalue weighted by atomic mass is 9.97. The third-order valence-electron chi connectivity index (χ3n) is 5.03. The Hall–Kier alpha value is -2.95. The molecule has 2 atom stereocenters. The molecule has 1 amide bonds. The van der Waals surface area contributed by atoms with Gasteiger partial charge in [0.1, 0.15) is 17.3 Å². The van der Waals surface area contributed by atoms with Crippen molar-refractivity contribution in [3.63, 3.8) is 0 Å². The fraction of sp³-hybridized carbons (Fsp3) is 0.300. The maximum atomic E-state index is 13.9. The van der Waals surface area contributed by atoms with Gasteiger partial charge in [0.05, 0.1) is 30.4 Å². The van der Waals surface area contributed by atoms with Crippen LogP contribution in [0.5, 0.6) is 5.75 Å². The number of fused-ring (bicyclic) bond motifs is 1. The van der Waals surface area contributed by atoms with E-state index < -0.39 is 24.2 Å². The molecule has 0 spiro atoms. The number of nitrogens with zero attached hydrogens (tertiary/aromatic N) is 2. The Labute approximate surface area is 183 Å². The summed E-state index contributed by atoms with van der Waals surface area (Å²) in [4.78, 5) is 12.6. The first-order chi connectivity index (χ1) is 14.8. The van der Waals surface area contributed by atoms with E-state index in [-0.39, 0.29) is 29.0 Å². The zero-order valence-corrected chi connectivity index (χ0v) is 17.8. The van der Waals surface area contributed by atoms with Crippen molar-refractivity contribution < 1.29 is 27.1 Å². The Bertz CT molecular complexity index is 1060. The van der Waals surface area contributed by atoms with Gasteiger partial charge in [-0.3, -0.25) is 4.79 Å². The summed E-state index contributed by atoms with van der Waals surface area (Å²) in [5.41, 5.74) is 0.525. The highest BCUT2D eigenvalue weighted by Gasteiger charge is 2.47. The summed E-state index contributed by atoms with van der Waals surface area (Å²) in [6, 6.07) is 7.62. The van der Waals surface area contributed by atoms with Crippen LogP contribution < -0.4 is 15.4 Å². The number of carbonyl (C=O) groups excluding carboxylic acids is 1. The summed E-state index contributed by atoms with van der Waals surface area (Å²) in [5, 5.41) is 9.66. The van der Waals surface area contributed by atoms with Crippen molar-refractivity contribution in [1.29, 1.82) is 0 Å². The fourth-order valence-electron chi connectivity index (χ4n) is 3.45. The van der Waals surface area contributed by atoms with Gasteiger partial charge < -0.3 is 19.8 Å². The number of ether oxygens (including phenoxy) is 1. The van der Waals surface area contributed by atoms with Crippen molar-refractivity contribution in [2.24, 2.45) is 0 Å². The molecule has 4 rings (SSSR count). The third-order valence-corrected chi connectivity index (χ3v) is 5.78. The standard InChI is InChI=1S/C20H18BrF3N4O3/c1-30-12-6-4-11(5-7-12)14-9-15(20(22,23)24)28-18(26-14)16(21)17(27-28)19(29)25-10-13-3-2-8-31-13/h2-8,14-15,26H,9-10H2,1H3,(H,25,29). The number of nitrogens with one attached hydrogen (secondary N) is 2. The first kappa shape index (κ1) is 21.3. The van der Waals surface area contributed by atoms with Crippen LogP contribution in [0.2, 0.25) is 0 Å². The van der Waals surface area contributed by atoms with Crippen LogP contribution in [0.1, 0.15) is 40.3 Å². The molecule has 1 aromatic carbocycles. The number of anilines is 1. The molecule has 2 unspecified atom stereocenters. The number of carbonyl (C=O) groups is 1. The van der Waals surface area contributed by atoms with Crippen molar-refractivity contribution in [2.45, 2.75) is 31.2 Å². The van der Waals surface area contributed by atoms with Gasteiger partial charge in [-0.25, -0.2) is 4.68 Å². The average Bonchev–Trinajstić information content (AvgIpc) is 3.39. The quantitative estimate of drug-likeness (QED) is 0.526. The molecule has 0 saturated heterocycles. The number of benzene rings is 1. The van der Waals surface area contributed by atoms with Gasteiger partial charge >= 0.3 is 6.18 Å². The van der Waals surface area contributed by atoms with Crippen molar-refractivity contribution in [1.82, 2.24) is 15.1 Å². The first-order valence-electron chi connectivity index (χ1n) is 9.33. The maximum Gasteiger partial charge on any atom is 0.410 e. The van der Waals surface area contributed by atoms with E-state index in [0.717, 1.165) is 4.68 Å². The molecule has 11 heteroatoms. The van der Waals surface area contributed by atoms with Gasteiger partial charge in [-0.1, -0.05) is 12.1 Å². The van der Waals surface area contributed by atoms with E-state index in [2.05, 4.69) is 31.7 Å². The van der Waals surface area contributed by atoms with Crippen molar-refractivity contribution in [3.05, 3.63) is 64.2 Å². The molecule has 0 bridgehead atoms. The highest BCUT2D eigenvalue weighted by atomic mass is 79.9.